The molecule has 17 rings (SSSR count). The van der Waals surface area contributed by atoms with Crippen LogP contribution in [0.15, 0.2) is 227 Å². The molecule has 0 aliphatic carbocycles. The van der Waals surface area contributed by atoms with E-state index in [1.165, 1.54) is 51.5 Å². The Bertz CT molecular complexity index is 4850. The third-order valence-electron chi connectivity index (χ3n) is 15.8. The highest BCUT2D eigenvalue weighted by Crippen LogP contribution is 2.45. The lowest BCUT2D eigenvalue weighted by Gasteiger charge is -1.98. The lowest BCUT2D eigenvalue weighted by atomic mass is 10.0. The van der Waals surface area contributed by atoms with Crippen LogP contribution in [0.25, 0.3) is 163 Å². The summed E-state index contributed by atoms with van der Waals surface area (Å²) in [4.78, 5) is 20.6. The molecule has 0 spiro atoms. The molecule has 0 fully saturated rings. The van der Waals surface area contributed by atoms with Crippen LogP contribution in [-0.4, -0.2) is 19.9 Å². The zero-order valence-electron chi connectivity index (χ0n) is 42.9. The van der Waals surface area contributed by atoms with Crippen molar-refractivity contribution in [3.63, 3.8) is 0 Å². The van der Waals surface area contributed by atoms with Gasteiger partial charge in [0.1, 0.15) is 22.3 Å². The minimum atomic E-state index is 0.801. The van der Waals surface area contributed by atoms with E-state index in [1.807, 2.05) is 0 Å². The van der Waals surface area contributed by atoms with Crippen LogP contribution in [0.3, 0.4) is 0 Å². The average Bonchev–Trinajstić information content (AvgIpc) is 4.56. The SMILES string of the molecule is CCC1=C(C)c2cc3sc(cc4nc(cc5oc(cc1n2)c1ccccc51)-c1ccccc1-4)c1ccccc31.c1ccc2c(c1)-c1cc3oc(cc4nc(cc5sc(cc-2n1)c1ccccc51)-c1ccccc1-4)c1ccccc31. The topological polar surface area (TPSA) is 77.8 Å². The van der Waals surface area contributed by atoms with Crippen LogP contribution in [0.5, 0.6) is 0 Å². The van der Waals surface area contributed by atoms with Gasteiger partial charge >= 0.3 is 0 Å². The first-order valence-electron chi connectivity index (χ1n) is 26.6. The van der Waals surface area contributed by atoms with E-state index in [9.17, 15) is 0 Å². The average molecular weight is 1050 g/mol. The van der Waals surface area contributed by atoms with Crippen molar-refractivity contribution in [2.75, 3.05) is 0 Å². The molecule has 0 atom stereocenters. The molecule has 4 aliphatic heterocycles. The number of rotatable bonds is 1. The Morgan fingerprint density at radius 1 is 0.291 bits per heavy atom. The highest BCUT2D eigenvalue weighted by Gasteiger charge is 2.22. The van der Waals surface area contributed by atoms with Crippen LogP contribution in [-0.2, 0) is 0 Å². The predicted octanol–water partition coefficient (Wildman–Crippen LogP) is 20.6. The van der Waals surface area contributed by atoms with Gasteiger partial charge in [-0.05, 0) is 48.8 Å². The van der Waals surface area contributed by atoms with E-state index in [4.69, 9.17) is 28.8 Å². The molecule has 0 radical (unpaired) electrons. The molecule has 0 amide bonds. The van der Waals surface area contributed by atoms with Crippen molar-refractivity contribution >= 4 is 118 Å². The number of thiophene rings is 2. The summed E-state index contributed by atoms with van der Waals surface area (Å²) in [5, 5.41) is 9.22. The lowest BCUT2D eigenvalue weighted by Crippen LogP contribution is -1.79. The van der Waals surface area contributed by atoms with Crippen LogP contribution in [0.4, 0.5) is 0 Å². The van der Waals surface area contributed by atoms with Gasteiger partial charge in [-0.25, -0.2) is 19.9 Å². The van der Waals surface area contributed by atoms with E-state index in [-0.39, 0.29) is 0 Å². The summed E-state index contributed by atoms with van der Waals surface area (Å²) in [7, 11) is 0. The number of nitrogens with zero attached hydrogens (tertiary/aromatic N) is 4. The molecule has 6 aromatic heterocycles. The number of benzene rings is 7. The second-order valence-electron chi connectivity index (χ2n) is 20.3. The Kier molecular flexibility index (Phi) is 10.4. The number of aromatic nitrogens is 4. The van der Waals surface area contributed by atoms with Crippen LogP contribution in [0.1, 0.15) is 31.7 Å². The molecular formula is C71H44N4O2S2. The van der Waals surface area contributed by atoms with Crippen molar-refractivity contribution in [2.24, 2.45) is 0 Å². The van der Waals surface area contributed by atoms with Gasteiger partial charge < -0.3 is 8.83 Å². The predicted molar refractivity (Wildman–Crippen MR) is 331 cm³/mol. The van der Waals surface area contributed by atoms with Gasteiger partial charge in [0.15, 0.2) is 0 Å². The Hall–Kier alpha value is -9.60. The molecule has 0 unspecified atom stereocenters. The Labute approximate surface area is 461 Å². The van der Waals surface area contributed by atoms with Gasteiger partial charge in [0, 0.05) is 120 Å². The van der Waals surface area contributed by atoms with Crippen LogP contribution < -0.4 is 0 Å². The highest BCUT2D eigenvalue weighted by atomic mass is 32.1. The van der Waals surface area contributed by atoms with E-state index >= 15 is 0 Å². The highest BCUT2D eigenvalue weighted by molar-refractivity contribution is 7.26. The summed E-state index contributed by atoms with van der Waals surface area (Å²) < 4.78 is 17.9. The maximum absolute atomic E-state index is 6.58. The summed E-state index contributed by atoms with van der Waals surface area (Å²) >= 11 is 3.59. The van der Waals surface area contributed by atoms with E-state index < -0.39 is 0 Å². The fourth-order valence-corrected chi connectivity index (χ4v) is 14.3. The third kappa shape index (κ3) is 7.43. The maximum Gasteiger partial charge on any atom is 0.137 e. The molecule has 8 heteroatoms. The first kappa shape index (κ1) is 45.6. The first-order chi connectivity index (χ1) is 39.0. The number of hydrogen-bond donors (Lipinski definition) is 0. The maximum atomic E-state index is 6.58. The Balaban J connectivity index is 0.000000132. The quantitative estimate of drug-likeness (QED) is 0.163. The molecular weight excluding hydrogens is 1000 g/mol. The standard InChI is InChI=1S/C36H20N2OS.C35H24N2OS/c1-3-11-23-21(9-1)29-17-33-25-13-5-6-14-26(25)34(39-33)18-30-22-10-2-4-12-24(22)32(38-30)20-36-28-16-8-7-15-27(28)35(40-36)19-31(23)37-29;1-3-21-20(2)28-18-34-26-14-8-9-15-27(26)35(39-34)19-31-23-11-5-4-10-22(23)30(37-31)17-33-25-13-7-6-12-24(25)32(38-33)16-29(21)36-28/h1-20H;4-19H,3H2,1-2H3. The van der Waals surface area contributed by atoms with Gasteiger partial charge in [0.2, 0.25) is 0 Å². The van der Waals surface area contributed by atoms with Crippen molar-refractivity contribution < 1.29 is 8.83 Å². The normalized spacial score (nSPS) is 12.4. The van der Waals surface area contributed by atoms with Gasteiger partial charge in [-0.1, -0.05) is 177 Å². The summed E-state index contributed by atoms with van der Waals surface area (Å²) in [6.07, 6.45) is 0.909. The van der Waals surface area contributed by atoms with Gasteiger partial charge in [-0.3, -0.25) is 0 Å². The largest absolute Gasteiger partial charge is 0.456 e. The summed E-state index contributed by atoms with van der Waals surface area (Å²) in [5.74, 6) is 0. The van der Waals surface area contributed by atoms with Crippen LogP contribution in [0, 0.1) is 0 Å². The van der Waals surface area contributed by atoms with E-state index in [2.05, 4.69) is 232 Å². The Morgan fingerprint density at radius 2 is 0.532 bits per heavy atom. The minimum absolute atomic E-state index is 0.801. The lowest BCUT2D eigenvalue weighted by molar-refractivity contribution is 0.668. The molecule has 4 aliphatic rings. The van der Waals surface area contributed by atoms with Crippen molar-refractivity contribution in [2.45, 2.75) is 20.3 Å². The molecule has 6 nitrogen and oxygen atoms in total. The van der Waals surface area contributed by atoms with Gasteiger partial charge in [0.25, 0.3) is 0 Å². The van der Waals surface area contributed by atoms with E-state index in [1.54, 1.807) is 22.7 Å². The van der Waals surface area contributed by atoms with Crippen LogP contribution >= 0.6 is 22.7 Å². The number of hydrogen-bond acceptors (Lipinski definition) is 8. The van der Waals surface area contributed by atoms with E-state index in [0.717, 1.165) is 129 Å². The molecule has 79 heavy (non-hydrogen) atoms. The Morgan fingerprint density at radius 3 is 0.835 bits per heavy atom. The summed E-state index contributed by atoms with van der Waals surface area (Å²) in [5.41, 5.74) is 20.1. The zero-order valence-corrected chi connectivity index (χ0v) is 44.5. The van der Waals surface area contributed by atoms with Crippen molar-refractivity contribution in [1.29, 1.82) is 0 Å². The van der Waals surface area contributed by atoms with Gasteiger partial charge in [-0.15, -0.1) is 22.7 Å². The van der Waals surface area contributed by atoms with Crippen molar-refractivity contribution in [3.05, 3.63) is 230 Å². The molecule has 7 aromatic carbocycles. The van der Waals surface area contributed by atoms with E-state index in [0.29, 0.717) is 0 Å². The second-order valence-corrected chi connectivity index (χ2v) is 22.4. The third-order valence-corrected chi connectivity index (χ3v) is 18.0. The smallest absolute Gasteiger partial charge is 0.137 e. The number of furan rings is 2. The second kappa shape index (κ2) is 18.0. The van der Waals surface area contributed by atoms with Crippen LogP contribution in [0.2, 0.25) is 0 Å². The molecule has 0 saturated heterocycles. The van der Waals surface area contributed by atoms with Gasteiger partial charge in [0.05, 0.1) is 45.6 Å². The minimum Gasteiger partial charge on any atom is -0.456 e. The number of fused-ring (bicyclic) bond motifs is 37. The molecule has 0 N–H and O–H groups in total. The molecule has 10 heterocycles. The zero-order chi connectivity index (χ0) is 52.3. The molecule has 13 aromatic rings. The summed E-state index contributed by atoms with van der Waals surface area (Å²) in [6.45, 7) is 4.39. The molecule has 16 bridgehead atoms. The van der Waals surface area contributed by atoms with Crippen molar-refractivity contribution in [3.8, 4) is 67.5 Å². The fourth-order valence-electron chi connectivity index (χ4n) is 12.0. The molecule has 372 valence electrons. The molecule has 0 saturated carbocycles. The summed E-state index contributed by atoms with van der Waals surface area (Å²) in [6, 6.07) is 76.7. The van der Waals surface area contributed by atoms with Crippen molar-refractivity contribution in [1.82, 2.24) is 19.9 Å². The fraction of sp³-hybridized carbons (Fsp3) is 0.0423. The van der Waals surface area contributed by atoms with Gasteiger partial charge in [-0.2, -0.15) is 0 Å². The number of allylic oxidation sites excluding steroid dienone is 2. The monoisotopic (exact) mass is 1050 g/mol. The first-order valence-corrected chi connectivity index (χ1v) is 28.3.